The van der Waals surface area contributed by atoms with E-state index in [-0.39, 0.29) is 22.3 Å². The highest BCUT2D eigenvalue weighted by Gasteiger charge is 2.40. The topological polar surface area (TPSA) is 38.0 Å². The zero-order valence-corrected chi connectivity index (χ0v) is 14.3. The highest BCUT2D eigenvalue weighted by molar-refractivity contribution is 9.10. The van der Waals surface area contributed by atoms with Gasteiger partial charge >= 0.3 is 6.18 Å². The van der Waals surface area contributed by atoms with Gasteiger partial charge in [0.25, 0.3) is 0 Å². The number of nitriles is 1. The number of hydrogen-bond donors (Lipinski definition) is 0. The Labute approximate surface area is 148 Å². The zero-order chi connectivity index (χ0) is 17.9. The van der Waals surface area contributed by atoms with Crippen LogP contribution in [-0.2, 0) is 17.6 Å². The van der Waals surface area contributed by atoms with Crippen LogP contribution in [0.1, 0.15) is 11.3 Å². The molecule has 3 nitrogen and oxygen atoms in total. The summed E-state index contributed by atoms with van der Waals surface area (Å²) in [5.41, 5.74) is -0.875. The fourth-order valence-corrected chi connectivity index (χ4v) is 3.06. The van der Waals surface area contributed by atoms with Gasteiger partial charge in [-0.05, 0) is 33.6 Å². The Hall–Kier alpha value is -1.56. The summed E-state index contributed by atoms with van der Waals surface area (Å²) in [6.45, 7) is -1.72. The van der Waals surface area contributed by atoms with Crippen molar-refractivity contribution < 1.29 is 22.3 Å². The molecule has 2 rings (SSSR count). The van der Waals surface area contributed by atoms with Crippen molar-refractivity contribution in [2.75, 3.05) is 13.3 Å². The summed E-state index contributed by atoms with van der Waals surface area (Å²) in [6, 6.07) is 7.76. The van der Waals surface area contributed by atoms with Crippen molar-refractivity contribution in [1.82, 2.24) is 4.57 Å². The summed E-state index contributed by atoms with van der Waals surface area (Å²) < 4.78 is 57.8. The van der Waals surface area contributed by atoms with Crippen LogP contribution in [0.3, 0.4) is 0 Å². The molecule has 1 heterocycles. The van der Waals surface area contributed by atoms with Crippen LogP contribution < -0.4 is 0 Å². The Morgan fingerprint density at radius 2 is 1.88 bits per heavy atom. The second-order valence-corrected chi connectivity index (χ2v) is 5.89. The molecule has 1 aromatic carbocycles. The molecule has 0 unspecified atom stereocenters. The highest BCUT2D eigenvalue weighted by atomic mass is 79.9. The minimum atomic E-state index is -4.73. The van der Waals surface area contributed by atoms with E-state index >= 15 is 0 Å². The van der Waals surface area contributed by atoms with Gasteiger partial charge in [0.1, 0.15) is 25.2 Å². The van der Waals surface area contributed by atoms with E-state index in [1.807, 2.05) is 0 Å². The molecule has 0 radical (unpaired) electrons. The summed E-state index contributed by atoms with van der Waals surface area (Å²) in [5, 5.41) is 9.70. The predicted octanol–water partition coefficient (Wildman–Crippen LogP) is 5.41. The van der Waals surface area contributed by atoms with E-state index in [0.717, 1.165) is 4.57 Å². The van der Waals surface area contributed by atoms with Crippen LogP contribution in [0.2, 0.25) is 5.02 Å². The quantitative estimate of drug-likeness (QED) is 0.475. The Bertz CT molecular complexity index is 766. The van der Waals surface area contributed by atoms with Gasteiger partial charge in [-0.2, -0.15) is 18.4 Å². The molecule has 1 aromatic heterocycles. The first-order valence-corrected chi connectivity index (χ1v) is 7.77. The first-order chi connectivity index (χ1) is 11.3. The minimum absolute atomic E-state index is 0.0206. The van der Waals surface area contributed by atoms with Crippen LogP contribution in [0, 0.1) is 11.3 Å². The van der Waals surface area contributed by atoms with Gasteiger partial charge in [0.15, 0.2) is 0 Å². The van der Waals surface area contributed by atoms with Gasteiger partial charge in [-0.15, -0.1) is 0 Å². The monoisotopic (exact) mass is 424 g/mol. The molecule has 24 heavy (non-hydrogen) atoms. The van der Waals surface area contributed by atoms with Crippen LogP contribution in [-0.4, -0.2) is 17.8 Å². The van der Waals surface area contributed by atoms with E-state index < -0.39 is 25.3 Å². The number of rotatable bonds is 5. The predicted molar refractivity (Wildman–Crippen MR) is 84.2 cm³/mol. The summed E-state index contributed by atoms with van der Waals surface area (Å²) in [4.78, 5) is 0. The molecule has 2 aromatic rings. The molecule has 0 atom stereocenters. The first-order valence-electron chi connectivity index (χ1n) is 6.60. The molecule has 0 saturated heterocycles. The van der Waals surface area contributed by atoms with Crippen LogP contribution in [0.15, 0.2) is 28.7 Å². The average molecular weight is 426 g/mol. The number of aromatic nitrogens is 1. The molecule has 0 fully saturated rings. The molecule has 9 heteroatoms. The average Bonchev–Trinajstić information content (AvgIpc) is 2.80. The van der Waals surface area contributed by atoms with Crippen molar-refractivity contribution >= 4 is 27.5 Å². The van der Waals surface area contributed by atoms with Gasteiger partial charge < -0.3 is 9.30 Å². The van der Waals surface area contributed by atoms with Crippen molar-refractivity contribution in [3.8, 4) is 17.3 Å². The number of halogens is 6. The van der Waals surface area contributed by atoms with E-state index in [4.69, 9.17) is 16.3 Å². The maximum absolute atomic E-state index is 13.4. The van der Waals surface area contributed by atoms with Gasteiger partial charge in [-0.3, -0.25) is 0 Å². The minimum Gasteiger partial charge on any atom is -0.358 e. The number of ether oxygens (including phenoxy) is 1. The SMILES string of the molecule is N#Cc1c(Br)c(C(F)(F)F)n(COCCF)c1-c1ccc(Cl)cc1. The lowest BCUT2D eigenvalue weighted by molar-refractivity contribution is -0.146. The molecule has 0 saturated carbocycles. The second-order valence-electron chi connectivity index (χ2n) is 4.66. The van der Waals surface area contributed by atoms with E-state index in [1.54, 1.807) is 6.07 Å². The largest absolute Gasteiger partial charge is 0.432 e. The molecule has 128 valence electrons. The maximum Gasteiger partial charge on any atom is 0.432 e. The summed E-state index contributed by atoms with van der Waals surface area (Å²) >= 11 is 8.65. The standard InChI is InChI=1S/C15H10BrClF4N2O/c16-12-11(7-22)13(9-1-3-10(17)4-2-9)23(8-24-6-5-18)14(12)15(19,20)21/h1-4H,5-6,8H2. The maximum atomic E-state index is 13.4. The molecule has 0 amide bonds. The van der Waals surface area contributed by atoms with E-state index in [9.17, 15) is 22.8 Å². The third-order valence-electron chi connectivity index (χ3n) is 3.14. The van der Waals surface area contributed by atoms with Crippen molar-refractivity contribution in [2.45, 2.75) is 12.9 Å². The van der Waals surface area contributed by atoms with Crippen molar-refractivity contribution in [2.24, 2.45) is 0 Å². The molecular formula is C15H10BrClF4N2O. The molecule has 0 spiro atoms. The Morgan fingerprint density at radius 3 is 2.38 bits per heavy atom. The third kappa shape index (κ3) is 3.74. The fourth-order valence-electron chi connectivity index (χ4n) is 2.21. The first kappa shape index (κ1) is 18.8. The molecular weight excluding hydrogens is 416 g/mol. The lowest BCUT2D eigenvalue weighted by atomic mass is 10.1. The van der Waals surface area contributed by atoms with Gasteiger partial charge in [-0.1, -0.05) is 23.7 Å². The second kappa shape index (κ2) is 7.55. The lowest BCUT2D eigenvalue weighted by Crippen LogP contribution is -2.17. The van der Waals surface area contributed by atoms with Gasteiger partial charge in [0, 0.05) is 5.02 Å². The molecule has 0 aliphatic carbocycles. The van der Waals surface area contributed by atoms with E-state index in [0.29, 0.717) is 10.6 Å². The van der Waals surface area contributed by atoms with Crippen LogP contribution in [0.4, 0.5) is 17.6 Å². The summed E-state index contributed by atoms with van der Waals surface area (Å²) in [5.74, 6) is 0. The van der Waals surface area contributed by atoms with Crippen molar-refractivity contribution in [3.63, 3.8) is 0 Å². The normalized spacial score (nSPS) is 11.5. The number of hydrogen-bond acceptors (Lipinski definition) is 2. The molecule has 0 aliphatic rings. The number of benzene rings is 1. The van der Waals surface area contributed by atoms with Crippen LogP contribution in [0.5, 0.6) is 0 Å². The zero-order valence-electron chi connectivity index (χ0n) is 12.0. The Balaban J connectivity index is 2.70. The molecule has 0 N–H and O–H groups in total. The molecule has 0 aliphatic heterocycles. The van der Waals surface area contributed by atoms with Crippen molar-refractivity contribution in [3.05, 3.63) is 45.0 Å². The Kier molecular flexibility index (Phi) is 5.91. The fraction of sp³-hybridized carbons (Fsp3) is 0.267. The van der Waals surface area contributed by atoms with E-state index in [2.05, 4.69) is 15.9 Å². The Morgan fingerprint density at radius 1 is 1.25 bits per heavy atom. The van der Waals surface area contributed by atoms with Gasteiger partial charge in [0.05, 0.1) is 22.3 Å². The number of nitrogens with zero attached hydrogens (tertiary/aromatic N) is 2. The van der Waals surface area contributed by atoms with Gasteiger partial charge in [0.2, 0.25) is 0 Å². The van der Waals surface area contributed by atoms with Crippen LogP contribution in [0.25, 0.3) is 11.3 Å². The number of alkyl halides is 4. The van der Waals surface area contributed by atoms with Crippen molar-refractivity contribution in [1.29, 1.82) is 5.26 Å². The van der Waals surface area contributed by atoms with E-state index in [1.165, 1.54) is 24.3 Å². The summed E-state index contributed by atoms with van der Waals surface area (Å²) in [7, 11) is 0. The smallest absolute Gasteiger partial charge is 0.358 e. The summed E-state index contributed by atoms with van der Waals surface area (Å²) in [6.07, 6.45) is -4.73. The highest BCUT2D eigenvalue weighted by Crippen LogP contribution is 2.43. The third-order valence-corrected chi connectivity index (χ3v) is 4.17. The van der Waals surface area contributed by atoms with Crippen LogP contribution >= 0.6 is 27.5 Å². The molecule has 0 bridgehead atoms. The lowest BCUT2D eigenvalue weighted by Gasteiger charge is -2.15. The van der Waals surface area contributed by atoms with Gasteiger partial charge in [-0.25, -0.2) is 4.39 Å².